The predicted molar refractivity (Wildman–Crippen MR) is 89.5 cm³/mol. The highest BCUT2D eigenvalue weighted by molar-refractivity contribution is 6.33. The summed E-state index contributed by atoms with van der Waals surface area (Å²) >= 11 is 5.97. The zero-order chi connectivity index (χ0) is 16.9. The van der Waals surface area contributed by atoms with Crippen molar-refractivity contribution in [3.05, 3.63) is 34.9 Å². The Morgan fingerprint density at radius 2 is 1.96 bits per heavy atom. The average molecular weight is 339 g/mol. The lowest BCUT2D eigenvalue weighted by molar-refractivity contribution is -0.135. The standard InChI is InChI=1S/C17H23ClN2O3/c1-17(2)11-12(7-10-23-17)15(21)19-8-9-20-16(22)13-5-3-4-6-14(13)18/h3-6,12H,7-11H2,1-2H3,(H,19,21)(H,20,22)/t12-/m1/s1. The van der Waals surface area contributed by atoms with Crippen LogP contribution in [0.15, 0.2) is 24.3 Å². The molecule has 0 saturated carbocycles. The molecule has 1 aromatic rings. The summed E-state index contributed by atoms with van der Waals surface area (Å²) in [6.45, 7) is 5.36. The number of rotatable bonds is 5. The van der Waals surface area contributed by atoms with Gasteiger partial charge in [-0.25, -0.2) is 0 Å². The van der Waals surface area contributed by atoms with E-state index in [0.717, 1.165) is 6.42 Å². The van der Waals surface area contributed by atoms with Crippen LogP contribution in [0, 0.1) is 5.92 Å². The maximum atomic E-state index is 12.2. The molecule has 2 rings (SSSR count). The van der Waals surface area contributed by atoms with Crippen LogP contribution in [0.1, 0.15) is 37.0 Å². The van der Waals surface area contributed by atoms with Gasteiger partial charge >= 0.3 is 0 Å². The van der Waals surface area contributed by atoms with Crippen molar-refractivity contribution in [3.8, 4) is 0 Å². The maximum Gasteiger partial charge on any atom is 0.252 e. The lowest BCUT2D eigenvalue weighted by Crippen LogP contribution is -2.43. The lowest BCUT2D eigenvalue weighted by Gasteiger charge is -2.34. The molecule has 1 aliphatic rings. The molecule has 126 valence electrons. The summed E-state index contributed by atoms with van der Waals surface area (Å²) < 4.78 is 5.61. The molecule has 23 heavy (non-hydrogen) atoms. The molecule has 0 aromatic heterocycles. The highest BCUT2D eigenvalue weighted by atomic mass is 35.5. The van der Waals surface area contributed by atoms with Crippen molar-refractivity contribution in [2.24, 2.45) is 5.92 Å². The van der Waals surface area contributed by atoms with Crippen molar-refractivity contribution >= 4 is 23.4 Å². The minimum absolute atomic E-state index is 0.0216. The normalized spacial score (nSPS) is 19.9. The molecule has 0 aliphatic carbocycles. The third-order valence-electron chi connectivity index (χ3n) is 3.90. The second-order valence-electron chi connectivity index (χ2n) is 6.32. The van der Waals surface area contributed by atoms with E-state index in [4.69, 9.17) is 16.3 Å². The number of halogens is 1. The largest absolute Gasteiger partial charge is 0.376 e. The summed E-state index contributed by atoms with van der Waals surface area (Å²) in [5, 5.41) is 6.04. The zero-order valence-corrected chi connectivity index (χ0v) is 14.3. The Balaban J connectivity index is 1.72. The molecule has 2 amide bonds. The van der Waals surface area contributed by atoms with Crippen LogP contribution in [0.3, 0.4) is 0 Å². The van der Waals surface area contributed by atoms with Crippen molar-refractivity contribution in [3.63, 3.8) is 0 Å². The van der Waals surface area contributed by atoms with Crippen LogP contribution in [0.2, 0.25) is 5.02 Å². The van der Waals surface area contributed by atoms with E-state index in [1.807, 2.05) is 13.8 Å². The number of amides is 2. The summed E-state index contributed by atoms with van der Waals surface area (Å²) in [5.41, 5.74) is 0.185. The van der Waals surface area contributed by atoms with E-state index >= 15 is 0 Å². The van der Waals surface area contributed by atoms with Gasteiger partial charge in [0.05, 0.1) is 16.2 Å². The molecule has 6 heteroatoms. The number of hydrogen-bond donors (Lipinski definition) is 2. The molecular formula is C17H23ClN2O3. The van der Waals surface area contributed by atoms with Gasteiger partial charge in [-0.15, -0.1) is 0 Å². The Bertz CT molecular complexity index is 575. The number of nitrogens with one attached hydrogen (secondary N) is 2. The average Bonchev–Trinajstić information content (AvgIpc) is 2.50. The predicted octanol–water partition coefficient (Wildman–Crippen LogP) is 2.39. The van der Waals surface area contributed by atoms with Crippen molar-refractivity contribution < 1.29 is 14.3 Å². The minimum Gasteiger partial charge on any atom is -0.376 e. The summed E-state index contributed by atoms with van der Waals surface area (Å²) in [7, 11) is 0. The van der Waals surface area contributed by atoms with Crippen LogP contribution in [0.25, 0.3) is 0 Å². The van der Waals surface area contributed by atoms with Gasteiger partial charge in [0.2, 0.25) is 5.91 Å². The smallest absolute Gasteiger partial charge is 0.252 e. The summed E-state index contributed by atoms with van der Waals surface area (Å²) in [6.07, 6.45) is 1.45. The molecule has 0 spiro atoms. The van der Waals surface area contributed by atoms with Gasteiger partial charge < -0.3 is 15.4 Å². The van der Waals surface area contributed by atoms with Gasteiger partial charge in [0.25, 0.3) is 5.91 Å². The number of carbonyl (C=O) groups is 2. The maximum absolute atomic E-state index is 12.2. The van der Waals surface area contributed by atoms with E-state index < -0.39 is 0 Å². The zero-order valence-electron chi connectivity index (χ0n) is 13.5. The monoisotopic (exact) mass is 338 g/mol. The van der Waals surface area contributed by atoms with Gasteiger partial charge in [-0.3, -0.25) is 9.59 Å². The quantitative estimate of drug-likeness (QED) is 0.810. The first-order valence-corrected chi connectivity index (χ1v) is 8.21. The van der Waals surface area contributed by atoms with E-state index in [0.29, 0.717) is 36.7 Å². The second kappa shape index (κ2) is 7.79. The number of carbonyl (C=O) groups excluding carboxylic acids is 2. The van der Waals surface area contributed by atoms with Crippen LogP contribution < -0.4 is 10.6 Å². The molecule has 5 nitrogen and oxygen atoms in total. The van der Waals surface area contributed by atoms with Crippen LogP contribution in [-0.2, 0) is 9.53 Å². The summed E-state index contributed by atoms with van der Waals surface area (Å²) in [5.74, 6) is -0.247. The van der Waals surface area contributed by atoms with Crippen molar-refractivity contribution in [1.82, 2.24) is 10.6 Å². The molecule has 1 aromatic carbocycles. The van der Waals surface area contributed by atoms with E-state index in [1.165, 1.54) is 0 Å². The molecule has 0 bridgehead atoms. The molecule has 2 N–H and O–H groups in total. The molecule has 1 aliphatic heterocycles. The van der Waals surface area contributed by atoms with E-state index in [9.17, 15) is 9.59 Å². The van der Waals surface area contributed by atoms with Gasteiger partial charge in [0.15, 0.2) is 0 Å². The van der Waals surface area contributed by atoms with Crippen LogP contribution in [-0.4, -0.2) is 37.1 Å². The first-order chi connectivity index (χ1) is 10.9. The number of ether oxygens (including phenoxy) is 1. The number of hydrogen-bond acceptors (Lipinski definition) is 3. The fraction of sp³-hybridized carbons (Fsp3) is 0.529. The number of benzene rings is 1. The van der Waals surface area contributed by atoms with Crippen molar-refractivity contribution in [2.45, 2.75) is 32.3 Å². The molecule has 1 heterocycles. The molecule has 1 saturated heterocycles. The van der Waals surface area contributed by atoms with Crippen LogP contribution in [0.5, 0.6) is 0 Å². The fourth-order valence-electron chi connectivity index (χ4n) is 2.70. The first-order valence-electron chi connectivity index (χ1n) is 7.83. The van der Waals surface area contributed by atoms with Crippen molar-refractivity contribution in [2.75, 3.05) is 19.7 Å². The van der Waals surface area contributed by atoms with Crippen LogP contribution in [0.4, 0.5) is 0 Å². The van der Waals surface area contributed by atoms with Gasteiger partial charge in [-0.05, 0) is 38.8 Å². The Labute approximate surface area is 141 Å². The molecule has 0 radical (unpaired) electrons. The highest BCUT2D eigenvalue weighted by Gasteiger charge is 2.32. The highest BCUT2D eigenvalue weighted by Crippen LogP contribution is 2.28. The molecule has 0 unspecified atom stereocenters. The third kappa shape index (κ3) is 5.22. The lowest BCUT2D eigenvalue weighted by atomic mass is 9.88. The third-order valence-corrected chi connectivity index (χ3v) is 4.23. The Kier molecular flexibility index (Phi) is 6.02. The fourth-order valence-corrected chi connectivity index (χ4v) is 2.92. The Morgan fingerprint density at radius 1 is 1.26 bits per heavy atom. The van der Waals surface area contributed by atoms with Crippen molar-refractivity contribution in [1.29, 1.82) is 0 Å². The van der Waals surface area contributed by atoms with E-state index in [-0.39, 0.29) is 23.3 Å². The Hall–Kier alpha value is -1.59. The van der Waals surface area contributed by atoms with E-state index in [1.54, 1.807) is 24.3 Å². The topological polar surface area (TPSA) is 67.4 Å². The summed E-state index contributed by atoms with van der Waals surface area (Å²) in [4.78, 5) is 24.1. The van der Waals surface area contributed by atoms with Crippen LogP contribution >= 0.6 is 11.6 Å². The SMILES string of the molecule is CC1(C)C[C@H](C(=O)NCCNC(=O)c2ccccc2Cl)CCO1. The van der Waals surface area contributed by atoms with Gasteiger partial charge in [-0.1, -0.05) is 23.7 Å². The van der Waals surface area contributed by atoms with Gasteiger partial charge in [0, 0.05) is 25.6 Å². The molecular weight excluding hydrogens is 316 g/mol. The summed E-state index contributed by atoms with van der Waals surface area (Å²) in [6, 6.07) is 6.87. The Morgan fingerprint density at radius 3 is 2.65 bits per heavy atom. The first kappa shape index (κ1) is 17.8. The van der Waals surface area contributed by atoms with E-state index in [2.05, 4.69) is 10.6 Å². The van der Waals surface area contributed by atoms with Gasteiger partial charge in [0.1, 0.15) is 0 Å². The van der Waals surface area contributed by atoms with Gasteiger partial charge in [-0.2, -0.15) is 0 Å². The second-order valence-corrected chi connectivity index (χ2v) is 6.73. The molecule has 1 fully saturated rings. The minimum atomic E-state index is -0.251. The molecule has 1 atom stereocenters.